The van der Waals surface area contributed by atoms with Gasteiger partial charge in [-0.15, -0.1) is 0 Å². The lowest BCUT2D eigenvalue weighted by Crippen LogP contribution is -2.28. The molecule has 0 fully saturated rings. The molecule has 0 amide bonds. The Morgan fingerprint density at radius 3 is 2.21 bits per heavy atom. The zero-order valence-corrected chi connectivity index (χ0v) is 12.7. The van der Waals surface area contributed by atoms with Crippen LogP contribution in [-0.2, 0) is 10.0 Å². The normalized spacial score (nSPS) is 11.6. The highest BCUT2D eigenvalue weighted by molar-refractivity contribution is 7.89. The maximum atomic E-state index is 12.3. The third-order valence-corrected chi connectivity index (χ3v) is 4.60. The van der Waals surface area contributed by atoms with E-state index in [0.717, 1.165) is 13.0 Å². The lowest BCUT2D eigenvalue weighted by molar-refractivity contribution is 0.413. The van der Waals surface area contributed by atoms with Gasteiger partial charge in [0, 0.05) is 6.54 Å². The standard InChI is InChI=1S/C13H22N2O3S/c1-10-8-12(18-4)9-11(2)13(10)19(16,17)15-7-5-6-14-3/h8-9,14-15H,5-7H2,1-4H3. The van der Waals surface area contributed by atoms with Crippen molar-refractivity contribution in [2.45, 2.75) is 25.2 Å². The smallest absolute Gasteiger partial charge is 0.241 e. The first-order valence-corrected chi connectivity index (χ1v) is 7.70. The second-order valence-corrected chi connectivity index (χ2v) is 6.15. The zero-order valence-electron chi connectivity index (χ0n) is 11.9. The lowest BCUT2D eigenvalue weighted by atomic mass is 10.1. The van der Waals surface area contributed by atoms with Gasteiger partial charge in [-0.1, -0.05) is 0 Å². The van der Waals surface area contributed by atoms with Crippen molar-refractivity contribution in [3.8, 4) is 5.75 Å². The highest BCUT2D eigenvalue weighted by Gasteiger charge is 2.19. The van der Waals surface area contributed by atoms with E-state index in [1.807, 2.05) is 7.05 Å². The fraction of sp³-hybridized carbons (Fsp3) is 0.538. The number of sulfonamides is 1. The first kappa shape index (κ1) is 15.9. The second-order valence-electron chi connectivity index (χ2n) is 4.45. The van der Waals surface area contributed by atoms with Crippen LogP contribution < -0.4 is 14.8 Å². The molecule has 1 aromatic carbocycles. The molecule has 0 bridgehead atoms. The van der Waals surface area contributed by atoms with Gasteiger partial charge < -0.3 is 10.1 Å². The summed E-state index contributed by atoms with van der Waals surface area (Å²) in [5.41, 5.74) is 1.39. The van der Waals surface area contributed by atoms with Crippen LogP contribution in [-0.4, -0.2) is 35.7 Å². The van der Waals surface area contributed by atoms with Gasteiger partial charge in [-0.05, 0) is 57.1 Å². The number of benzene rings is 1. The maximum Gasteiger partial charge on any atom is 0.241 e. The molecule has 0 saturated carbocycles. The quantitative estimate of drug-likeness (QED) is 0.739. The second kappa shape index (κ2) is 6.88. The van der Waals surface area contributed by atoms with Crippen molar-refractivity contribution in [1.82, 2.24) is 10.0 Å². The lowest BCUT2D eigenvalue weighted by Gasteiger charge is -2.13. The Labute approximate surface area is 115 Å². The van der Waals surface area contributed by atoms with Crippen molar-refractivity contribution in [3.05, 3.63) is 23.3 Å². The average Bonchev–Trinajstić information content (AvgIpc) is 2.33. The Bertz CT molecular complexity index is 504. The molecule has 0 aliphatic carbocycles. The molecule has 0 atom stereocenters. The van der Waals surface area contributed by atoms with Crippen LogP contribution in [0, 0.1) is 13.8 Å². The van der Waals surface area contributed by atoms with E-state index in [0.29, 0.717) is 28.3 Å². The highest BCUT2D eigenvalue weighted by Crippen LogP contribution is 2.25. The Morgan fingerprint density at radius 2 is 1.74 bits per heavy atom. The molecule has 0 spiro atoms. The van der Waals surface area contributed by atoms with Gasteiger partial charge in [-0.3, -0.25) is 0 Å². The summed E-state index contributed by atoms with van der Waals surface area (Å²) >= 11 is 0. The van der Waals surface area contributed by atoms with E-state index in [1.54, 1.807) is 33.1 Å². The molecule has 19 heavy (non-hydrogen) atoms. The number of hydrogen-bond donors (Lipinski definition) is 2. The van der Waals surface area contributed by atoms with E-state index >= 15 is 0 Å². The molecular weight excluding hydrogens is 264 g/mol. The van der Waals surface area contributed by atoms with Crippen molar-refractivity contribution in [3.63, 3.8) is 0 Å². The zero-order chi connectivity index (χ0) is 14.5. The van der Waals surface area contributed by atoms with Gasteiger partial charge in [0.05, 0.1) is 12.0 Å². The Balaban J connectivity index is 2.95. The minimum atomic E-state index is -3.46. The van der Waals surface area contributed by atoms with Crippen molar-refractivity contribution in [2.24, 2.45) is 0 Å². The van der Waals surface area contributed by atoms with E-state index in [2.05, 4.69) is 10.0 Å². The Hall–Kier alpha value is -1.11. The summed E-state index contributed by atoms with van der Waals surface area (Å²) in [4.78, 5) is 0.345. The summed E-state index contributed by atoms with van der Waals surface area (Å²) in [7, 11) is -0.0530. The fourth-order valence-corrected chi connectivity index (χ4v) is 3.52. The predicted octanol–water partition coefficient (Wildman–Crippen LogP) is 1.20. The molecule has 0 unspecified atom stereocenters. The van der Waals surface area contributed by atoms with Gasteiger partial charge in [-0.2, -0.15) is 0 Å². The molecule has 2 N–H and O–H groups in total. The van der Waals surface area contributed by atoms with Gasteiger partial charge in [0.1, 0.15) is 5.75 Å². The molecule has 0 aliphatic heterocycles. The van der Waals surface area contributed by atoms with Gasteiger partial charge in [-0.25, -0.2) is 13.1 Å². The average molecular weight is 286 g/mol. The molecule has 0 aromatic heterocycles. The maximum absolute atomic E-state index is 12.3. The number of methoxy groups -OCH3 is 1. The molecule has 1 rings (SSSR count). The number of aryl methyl sites for hydroxylation is 2. The van der Waals surface area contributed by atoms with Crippen molar-refractivity contribution in [1.29, 1.82) is 0 Å². The van der Waals surface area contributed by atoms with Gasteiger partial charge in [0.2, 0.25) is 10.0 Å². The number of rotatable bonds is 7. The predicted molar refractivity (Wildman–Crippen MR) is 76.2 cm³/mol. The Kier molecular flexibility index (Phi) is 5.78. The minimum Gasteiger partial charge on any atom is -0.497 e. The third-order valence-electron chi connectivity index (χ3n) is 2.83. The van der Waals surface area contributed by atoms with Crippen molar-refractivity contribution < 1.29 is 13.2 Å². The number of ether oxygens (including phenoxy) is 1. The van der Waals surface area contributed by atoms with E-state index in [-0.39, 0.29) is 0 Å². The van der Waals surface area contributed by atoms with Crippen LogP contribution in [0.25, 0.3) is 0 Å². The monoisotopic (exact) mass is 286 g/mol. The van der Waals surface area contributed by atoms with E-state index < -0.39 is 10.0 Å². The summed E-state index contributed by atoms with van der Waals surface area (Å²) in [6, 6.07) is 3.46. The molecule has 5 nitrogen and oxygen atoms in total. The molecule has 0 radical (unpaired) electrons. The van der Waals surface area contributed by atoms with Crippen LogP contribution in [0.5, 0.6) is 5.75 Å². The molecule has 108 valence electrons. The van der Waals surface area contributed by atoms with Crippen LogP contribution in [0.1, 0.15) is 17.5 Å². The number of nitrogens with one attached hydrogen (secondary N) is 2. The van der Waals surface area contributed by atoms with E-state index in [9.17, 15) is 8.42 Å². The molecule has 6 heteroatoms. The SMILES string of the molecule is CNCCCNS(=O)(=O)c1c(C)cc(OC)cc1C. The van der Waals surface area contributed by atoms with E-state index in [4.69, 9.17) is 4.74 Å². The van der Waals surface area contributed by atoms with Crippen LogP contribution in [0.15, 0.2) is 17.0 Å². The molecule has 0 heterocycles. The summed E-state index contributed by atoms with van der Waals surface area (Å²) in [5.74, 6) is 0.670. The van der Waals surface area contributed by atoms with E-state index in [1.165, 1.54) is 0 Å². The molecule has 1 aromatic rings. The van der Waals surface area contributed by atoms with Crippen molar-refractivity contribution >= 4 is 10.0 Å². The minimum absolute atomic E-state index is 0.345. The molecular formula is C13H22N2O3S. The summed E-state index contributed by atoms with van der Waals surface area (Å²) in [6.45, 7) is 4.76. The fourth-order valence-electron chi connectivity index (χ4n) is 2.00. The summed E-state index contributed by atoms with van der Waals surface area (Å²) in [6.07, 6.45) is 0.754. The van der Waals surface area contributed by atoms with Crippen LogP contribution in [0.4, 0.5) is 0 Å². The molecule has 0 saturated heterocycles. The van der Waals surface area contributed by atoms with Crippen LogP contribution in [0.2, 0.25) is 0 Å². The topological polar surface area (TPSA) is 67.4 Å². The first-order chi connectivity index (χ1) is 8.92. The summed E-state index contributed by atoms with van der Waals surface area (Å²) < 4.78 is 32.3. The van der Waals surface area contributed by atoms with Crippen molar-refractivity contribution in [2.75, 3.05) is 27.2 Å². The first-order valence-electron chi connectivity index (χ1n) is 6.22. The highest BCUT2D eigenvalue weighted by atomic mass is 32.2. The van der Waals surface area contributed by atoms with Crippen LogP contribution in [0.3, 0.4) is 0 Å². The van der Waals surface area contributed by atoms with Crippen LogP contribution >= 0.6 is 0 Å². The third kappa shape index (κ3) is 4.19. The largest absolute Gasteiger partial charge is 0.497 e. The van der Waals surface area contributed by atoms with Gasteiger partial charge in [0.15, 0.2) is 0 Å². The van der Waals surface area contributed by atoms with Gasteiger partial charge >= 0.3 is 0 Å². The number of hydrogen-bond acceptors (Lipinski definition) is 4. The van der Waals surface area contributed by atoms with Gasteiger partial charge in [0.25, 0.3) is 0 Å². The summed E-state index contributed by atoms with van der Waals surface area (Å²) in [5, 5.41) is 2.98. The molecule has 0 aliphatic rings. The Morgan fingerprint density at radius 1 is 1.16 bits per heavy atom.